The molecule has 1 fully saturated rings. The number of alkyl halides is 3. The Balaban J connectivity index is 1.96. The molecule has 172 valence electrons. The van der Waals surface area contributed by atoms with Crippen LogP contribution in [-0.2, 0) is 6.18 Å². The summed E-state index contributed by atoms with van der Waals surface area (Å²) in [7, 11) is 0. The number of halogens is 5. The largest absolute Gasteiger partial charge is 0.416 e. The van der Waals surface area contributed by atoms with Crippen LogP contribution in [0.25, 0.3) is 16.7 Å². The number of hydrogen-bond donors (Lipinski definition) is 1. The number of hydrogen-bond acceptors (Lipinski definition) is 4. The Hall–Kier alpha value is -1.65. The summed E-state index contributed by atoms with van der Waals surface area (Å²) in [5, 5.41) is 10.5. The van der Waals surface area contributed by atoms with Crippen molar-refractivity contribution in [2.24, 2.45) is 5.92 Å². The fraction of sp³-hybridized carbons (Fsp3) is 0.455. The van der Waals surface area contributed by atoms with Gasteiger partial charge >= 0.3 is 6.18 Å². The Morgan fingerprint density at radius 1 is 1.12 bits per heavy atom. The van der Waals surface area contributed by atoms with E-state index in [1.165, 1.54) is 0 Å². The third-order valence-corrected chi connectivity index (χ3v) is 7.30. The third-order valence-electron chi connectivity index (χ3n) is 6.09. The lowest BCUT2D eigenvalue weighted by molar-refractivity contribution is -0.137. The van der Waals surface area contributed by atoms with Crippen LogP contribution < -0.4 is 4.90 Å². The van der Waals surface area contributed by atoms with Crippen molar-refractivity contribution < 1.29 is 18.3 Å². The molecule has 1 aliphatic rings. The van der Waals surface area contributed by atoms with Crippen LogP contribution in [0.2, 0.25) is 0 Å². The van der Waals surface area contributed by atoms with Gasteiger partial charge in [0.2, 0.25) is 0 Å². The van der Waals surface area contributed by atoms with Crippen molar-refractivity contribution in [3.8, 4) is 5.69 Å². The monoisotopic (exact) mass is 574 g/mol. The molecule has 0 aliphatic carbocycles. The molecule has 0 bridgehead atoms. The molecule has 3 heterocycles. The van der Waals surface area contributed by atoms with Crippen molar-refractivity contribution in [2.75, 3.05) is 24.6 Å². The first kappa shape index (κ1) is 23.5. The van der Waals surface area contributed by atoms with Crippen molar-refractivity contribution in [3.63, 3.8) is 0 Å². The van der Waals surface area contributed by atoms with Gasteiger partial charge in [0.25, 0.3) is 0 Å². The molecule has 1 N–H and O–H groups in total. The molecule has 1 unspecified atom stereocenters. The van der Waals surface area contributed by atoms with Crippen molar-refractivity contribution >= 4 is 48.7 Å². The van der Waals surface area contributed by atoms with Gasteiger partial charge in [-0.3, -0.25) is 4.57 Å². The topological polar surface area (TPSA) is 54.2 Å². The molecule has 0 spiro atoms. The van der Waals surface area contributed by atoms with Gasteiger partial charge in [0.15, 0.2) is 5.65 Å². The molecule has 3 aromatic rings. The fourth-order valence-electron chi connectivity index (χ4n) is 4.40. The highest BCUT2D eigenvalue weighted by Crippen LogP contribution is 2.42. The van der Waals surface area contributed by atoms with E-state index in [9.17, 15) is 18.3 Å². The maximum Gasteiger partial charge on any atom is 0.416 e. The van der Waals surface area contributed by atoms with Crippen LogP contribution in [-0.4, -0.2) is 39.3 Å². The normalized spacial score (nSPS) is 17.4. The molecule has 2 aromatic heterocycles. The average molecular weight is 576 g/mol. The van der Waals surface area contributed by atoms with Gasteiger partial charge in [-0.05, 0) is 89.1 Å². The average Bonchev–Trinajstić information content (AvgIpc) is 2.97. The van der Waals surface area contributed by atoms with Crippen LogP contribution in [0, 0.1) is 26.7 Å². The standard InChI is InChI=1S/C22H23Br2F3N4O/c1-11-12(2)31(19-16(23)7-15(8-17(19)24)22(25,26)27)21-18(11)20(28-13(3)29-21)30-6-4-5-14(9-30)10-32/h7-8,14,32H,4-6,9-10H2,1-3H3. The molecular weight excluding hydrogens is 553 g/mol. The summed E-state index contributed by atoms with van der Waals surface area (Å²) in [5.74, 6) is 1.58. The first-order valence-electron chi connectivity index (χ1n) is 10.3. The van der Waals surface area contributed by atoms with Gasteiger partial charge in [-0.1, -0.05) is 0 Å². The zero-order chi connectivity index (χ0) is 23.4. The summed E-state index contributed by atoms with van der Waals surface area (Å²) < 4.78 is 42.4. The first-order chi connectivity index (χ1) is 15.0. The molecule has 5 nitrogen and oxygen atoms in total. The van der Waals surface area contributed by atoms with Gasteiger partial charge in [0.05, 0.1) is 16.6 Å². The van der Waals surface area contributed by atoms with E-state index in [0.29, 0.717) is 32.6 Å². The number of aliphatic hydroxyl groups excluding tert-OH is 1. The Morgan fingerprint density at radius 2 is 1.78 bits per heavy atom. The van der Waals surface area contributed by atoms with E-state index in [4.69, 9.17) is 9.97 Å². The number of aromatic nitrogens is 3. The summed E-state index contributed by atoms with van der Waals surface area (Å²) in [4.78, 5) is 11.6. The van der Waals surface area contributed by atoms with E-state index < -0.39 is 11.7 Å². The highest BCUT2D eigenvalue weighted by atomic mass is 79.9. The predicted molar refractivity (Wildman–Crippen MR) is 126 cm³/mol. The molecule has 0 amide bonds. The van der Waals surface area contributed by atoms with E-state index in [1.54, 1.807) is 0 Å². The van der Waals surface area contributed by atoms with Crippen LogP contribution in [0.4, 0.5) is 19.0 Å². The minimum absolute atomic E-state index is 0.133. The highest BCUT2D eigenvalue weighted by Gasteiger charge is 2.33. The summed E-state index contributed by atoms with van der Waals surface area (Å²) in [6, 6.07) is 2.18. The van der Waals surface area contributed by atoms with Crippen LogP contribution in [0.1, 0.15) is 35.5 Å². The first-order valence-corrected chi connectivity index (χ1v) is 11.9. The minimum atomic E-state index is -4.45. The van der Waals surface area contributed by atoms with E-state index in [1.807, 2.05) is 25.3 Å². The van der Waals surface area contributed by atoms with Crippen LogP contribution in [0.5, 0.6) is 0 Å². The SMILES string of the molecule is Cc1nc(N2CCCC(CO)C2)c2c(C)c(C)n(-c3c(Br)cc(C(F)(F)F)cc3Br)c2n1. The zero-order valence-corrected chi connectivity index (χ0v) is 21.1. The molecule has 1 aromatic carbocycles. The smallest absolute Gasteiger partial charge is 0.396 e. The molecule has 32 heavy (non-hydrogen) atoms. The molecule has 1 aliphatic heterocycles. The summed E-state index contributed by atoms with van der Waals surface area (Å²) in [5.41, 5.74) is 2.32. The van der Waals surface area contributed by atoms with E-state index >= 15 is 0 Å². The van der Waals surface area contributed by atoms with Crippen LogP contribution in [0.15, 0.2) is 21.1 Å². The number of piperidine rings is 1. The second-order valence-corrected chi connectivity index (χ2v) is 9.97. The minimum Gasteiger partial charge on any atom is -0.396 e. The van der Waals surface area contributed by atoms with Gasteiger partial charge < -0.3 is 10.0 Å². The summed E-state index contributed by atoms with van der Waals surface area (Å²) in [6.45, 7) is 7.40. The molecular formula is C22H23Br2F3N4O. The number of fused-ring (bicyclic) bond motifs is 1. The summed E-state index contributed by atoms with van der Waals surface area (Å²) in [6.07, 6.45) is -2.51. The highest BCUT2D eigenvalue weighted by molar-refractivity contribution is 9.11. The van der Waals surface area contributed by atoms with Crippen LogP contribution >= 0.6 is 31.9 Å². The number of aliphatic hydroxyl groups is 1. The maximum absolute atomic E-state index is 13.3. The fourth-order valence-corrected chi connectivity index (χ4v) is 5.94. The van der Waals surface area contributed by atoms with Crippen molar-refractivity contribution in [1.82, 2.24) is 14.5 Å². The maximum atomic E-state index is 13.3. The molecule has 1 saturated heterocycles. The number of nitrogens with zero attached hydrogens (tertiary/aromatic N) is 4. The quantitative estimate of drug-likeness (QED) is 0.410. The van der Waals surface area contributed by atoms with Crippen molar-refractivity contribution in [2.45, 2.75) is 39.8 Å². The van der Waals surface area contributed by atoms with Gasteiger partial charge in [-0.2, -0.15) is 13.2 Å². The lowest BCUT2D eigenvalue weighted by atomic mass is 9.99. The number of anilines is 1. The molecule has 10 heteroatoms. The third kappa shape index (κ3) is 4.05. The van der Waals surface area contributed by atoms with E-state index in [0.717, 1.165) is 54.0 Å². The van der Waals surface area contributed by atoms with Gasteiger partial charge in [-0.25, -0.2) is 9.97 Å². The Morgan fingerprint density at radius 3 is 2.38 bits per heavy atom. The Labute approximate surface area is 200 Å². The van der Waals surface area contributed by atoms with Crippen LogP contribution in [0.3, 0.4) is 0 Å². The number of benzene rings is 1. The molecule has 4 rings (SSSR count). The lowest BCUT2D eigenvalue weighted by Gasteiger charge is -2.33. The number of rotatable bonds is 3. The molecule has 0 saturated carbocycles. The van der Waals surface area contributed by atoms with Gasteiger partial charge in [0.1, 0.15) is 11.6 Å². The molecule has 1 atom stereocenters. The number of aryl methyl sites for hydroxylation is 2. The Bertz CT molecular complexity index is 1170. The van der Waals surface area contributed by atoms with Crippen molar-refractivity contribution in [1.29, 1.82) is 0 Å². The van der Waals surface area contributed by atoms with Gasteiger partial charge in [-0.15, -0.1) is 0 Å². The molecule has 0 radical (unpaired) electrons. The second-order valence-electron chi connectivity index (χ2n) is 8.26. The van der Waals surface area contributed by atoms with Gasteiger partial charge in [0, 0.05) is 34.3 Å². The Kier molecular flexibility index (Phi) is 6.32. The zero-order valence-electron chi connectivity index (χ0n) is 17.9. The summed E-state index contributed by atoms with van der Waals surface area (Å²) >= 11 is 6.71. The van der Waals surface area contributed by atoms with Crippen molar-refractivity contribution in [3.05, 3.63) is 43.7 Å². The van der Waals surface area contributed by atoms with E-state index in [2.05, 4.69) is 36.8 Å². The van der Waals surface area contributed by atoms with E-state index in [-0.39, 0.29) is 12.5 Å². The second kappa shape index (κ2) is 8.61. The lowest BCUT2D eigenvalue weighted by Crippen LogP contribution is -2.37. The predicted octanol–water partition coefficient (Wildman–Crippen LogP) is 6.10.